The van der Waals surface area contributed by atoms with Gasteiger partial charge in [-0.15, -0.1) is 0 Å². The number of benzene rings is 7. The molecule has 0 radical (unpaired) electrons. The summed E-state index contributed by atoms with van der Waals surface area (Å²) < 4.78 is 18.4. The maximum absolute atomic E-state index is 10.6. The second-order valence-corrected chi connectivity index (χ2v) is 18.2. The van der Waals surface area contributed by atoms with Gasteiger partial charge in [0.05, 0.1) is 5.60 Å². The molecule has 0 atom stereocenters. The molecule has 340 valence electrons. The highest BCUT2D eigenvalue weighted by Gasteiger charge is 2.33. The zero-order valence-corrected chi connectivity index (χ0v) is 39.5. The van der Waals surface area contributed by atoms with Crippen LogP contribution in [0.15, 0.2) is 199 Å². The average molecular weight is 944 g/mol. The van der Waals surface area contributed by atoms with Gasteiger partial charge in [-0.25, -0.2) is 0 Å². The van der Waals surface area contributed by atoms with Gasteiger partial charge in [0.1, 0.15) is 42.8 Å². The van der Waals surface area contributed by atoms with E-state index in [0.29, 0.717) is 31.5 Å². The normalized spacial score (nSPS) is 14.8. The van der Waals surface area contributed by atoms with E-state index in [4.69, 9.17) is 14.2 Å². The van der Waals surface area contributed by atoms with E-state index in [2.05, 4.69) is 70.5 Å². The summed E-state index contributed by atoms with van der Waals surface area (Å²) in [6, 6.07) is 62.4. The third-order valence-electron chi connectivity index (χ3n) is 12.3. The first-order chi connectivity index (χ1) is 32.4. The zero-order valence-electron chi connectivity index (χ0n) is 37.9. The van der Waals surface area contributed by atoms with E-state index < -0.39 is 5.60 Å². The maximum Gasteiger partial charge on any atom is 0.120 e. The minimum atomic E-state index is -0.647. The van der Waals surface area contributed by atoms with Gasteiger partial charge < -0.3 is 24.4 Å². The molecule has 66 heavy (non-hydrogen) atoms. The molecular weight excluding hydrogens is 881 g/mol. The molecule has 2 N–H and O–H groups in total. The van der Waals surface area contributed by atoms with E-state index >= 15 is 0 Å². The summed E-state index contributed by atoms with van der Waals surface area (Å²) >= 11 is 3.41. The monoisotopic (exact) mass is 942 g/mol. The molecule has 0 unspecified atom stereocenters. The first-order valence-corrected chi connectivity index (χ1v) is 24.3. The summed E-state index contributed by atoms with van der Waals surface area (Å²) in [6.07, 6.45) is 15.2. The van der Waals surface area contributed by atoms with Gasteiger partial charge in [-0.2, -0.15) is 0 Å². The Bertz CT molecular complexity index is 2510. The van der Waals surface area contributed by atoms with Crippen molar-refractivity contribution >= 4 is 21.5 Å². The van der Waals surface area contributed by atoms with Crippen LogP contribution >= 0.6 is 15.9 Å². The van der Waals surface area contributed by atoms with Gasteiger partial charge in [0.25, 0.3) is 0 Å². The highest BCUT2D eigenvalue weighted by molar-refractivity contribution is 9.10. The number of phenols is 1. The van der Waals surface area contributed by atoms with Crippen LogP contribution in [0.3, 0.4) is 0 Å². The van der Waals surface area contributed by atoms with Crippen LogP contribution in [0.5, 0.6) is 23.0 Å². The van der Waals surface area contributed by atoms with Crippen molar-refractivity contribution in [3.63, 3.8) is 0 Å². The van der Waals surface area contributed by atoms with Crippen LogP contribution in [-0.4, -0.2) is 10.2 Å². The molecule has 0 aromatic heterocycles. The van der Waals surface area contributed by atoms with Crippen molar-refractivity contribution in [3.8, 4) is 23.0 Å². The standard InChI is InChI=1S/C18H20O2.C18H18O.C13H11BrO.C11H14O/c19-18(11-4-5-12-18)16-9-6-10-17(13-16)20-14-15-7-2-1-3-8-15;1-2-7-15(8-3-1)14-19-18-12-6-11-17(13-18)16-9-4-5-10-16;14-12-7-4-8-13(9-12)15-10-11-5-2-1-3-6-11;12-11-7-3-6-10(8-11)9-4-1-2-5-9/h1-3,6-10,13,19H,4-5,11-12,14H2;1-3,6-9,11-13H,4-5,10,14H2;1-9H,10H2;3,6-9,12H,1-2,4-5H2. The van der Waals surface area contributed by atoms with E-state index in [9.17, 15) is 10.2 Å². The molecule has 2 saturated carbocycles. The van der Waals surface area contributed by atoms with Crippen LogP contribution < -0.4 is 14.2 Å². The third kappa shape index (κ3) is 15.5. The predicted octanol–water partition coefficient (Wildman–Crippen LogP) is 15.9. The number of phenolic OH excluding ortho intramolecular Hbond substituents is 1. The highest BCUT2D eigenvalue weighted by Crippen LogP contribution is 2.40. The van der Waals surface area contributed by atoms with Gasteiger partial charge in [0.15, 0.2) is 0 Å². The Balaban J connectivity index is 0.000000133. The first-order valence-electron chi connectivity index (χ1n) is 23.6. The van der Waals surface area contributed by atoms with Crippen molar-refractivity contribution in [1.29, 1.82) is 0 Å². The van der Waals surface area contributed by atoms with Gasteiger partial charge >= 0.3 is 0 Å². The van der Waals surface area contributed by atoms with Crippen molar-refractivity contribution in [2.75, 3.05) is 0 Å². The quantitative estimate of drug-likeness (QED) is 0.128. The largest absolute Gasteiger partial charge is 0.508 e. The number of ether oxygens (including phenoxy) is 3. The average Bonchev–Trinajstić information content (AvgIpc) is 4.20. The molecule has 0 saturated heterocycles. The van der Waals surface area contributed by atoms with Crippen LogP contribution in [0.25, 0.3) is 5.57 Å². The van der Waals surface area contributed by atoms with Gasteiger partial charge in [-0.1, -0.05) is 181 Å². The van der Waals surface area contributed by atoms with E-state index in [0.717, 1.165) is 58.5 Å². The summed E-state index contributed by atoms with van der Waals surface area (Å²) in [6.45, 7) is 1.79. The molecule has 0 aliphatic heterocycles. The third-order valence-corrected chi connectivity index (χ3v) is 12.8. The van der Waals surface area contributed by atoms with Crippen molar-refractivity contribution in [3.05, 3.63) is 232 Å². The summed E-state index contributed by atoms with van der Waals surface area (Å²) in [5.41, 5.74) is 7.95. The number of rotatable bonds is 12. The van der Waals surface area contributed by atoms with Gasteiger partial charge in [0, 0.05) is 4.47 Å². The minimum absolute atomic E-state index is 0.402. The SMILES string of the molecule is Brc1cccc(OCc2ccccc2)c1.C1=C(c2cccc(OCc3ccccc3)c2)CCC1.OC1(c2cccc(OCc3ccccc3)c2)CCCC1.Oc1cccc(C2CCCC2)c1. The molecule has 0 spiro atoms. The molecule has 3 aliphatic rings. The van der Waals surface area contributed by atoms with Crippen molar-refractivity contribution in [1.82, 2.24) is 0 Å². The molecular formula is C60H63BrO5. The van der Waals surface area contributed by atoms with E-state index in [1.807, 2.05) is 133 Å². The lowest BCUT2D eigenvalue weighted by atomic mass is 9.92. The number of hydrogen-bond acceptors (Lipinski definition) is 5. The van der Waals surface area contributed by atoms with E-state index in [1.54, 1.807) is 6.07 Å². The lowest BCUT2D eigenvalue weighted by Crippen LogP contribution is -2.20. The molecule has 7 aromatic carbocycles. The number of aromatic hydroxyl groups is 1. The lowest BCUT2D eigenvalue weighted by Gasteiger charge is -2.23. The second kappa shape index (κ2) is 25.6. The van der Waals surface area contributed by atoms with Crippen LogP contribution in [0.1, 0.15) is 110 Å². The number of hydrogen-bond donors (Lipinski definition) is 2. The van der Waals surface area contributed by atoms with Gasteiger partial charge in [-0.05, 0) is 144 Å². The Kier molecular flexibility index (Phi) is 18.5. The Hall–Kier alpha value is -6.08. The summed E-state index contributed by atoms with van der Waals surface area (Å²) in [5.74, 6) is 3.77. The number of allylic oxidation sites excluding steroid dienone is 2. The molecule has 5 nitrogen and oxygen atoms in total. The predicted molar refractivity (Wildman–Crippen MR) is 273 cm³/mol. The van der Waals surface area contributed by atoms with Crippen LogP contribution in [0.4, 0.5) is 0 Å². The summed E-state index contributed by atoms with van der Waals surface area (Å²) in [5, 5.41) is 19.9. The Morgan fingerprint density at radius 1 is 0.500 bits per heavy atom. The molecule has 3 aliphatic carbocycles. The molecule has 7 aromatic rings. The van der Waals surface area contributed by atoms with Gasteiger partial charge in [-0.3, -0.25) is 0 Å². The number of aliphatic hydroxyl groups is 1. The minimum Gasteiger partial charge on any atom is -0.508 e. The second-order valence-electron chi connectivity index (χ2n) is 17.3. The maximum atomic E-state index is 10.6. The number of halogens is 1. The fraction of sp³-hybridized carbons (Fsp3) is 0.267. The Labute approximate surface area is 400 Å². The zero-order chi connectivity index (χ0) is 45.7. The first kappa shape index (κ1) is 47.9. The smallest absolute Gasteiger partial charge is 0.120 e. The lowest BCUT2D eigenvalue weighted by molar-refractivity contribution is 0.0442. The summed E-state index contributed by atoms with van der Waals surface area (Å²) in [7, 11) is 0. The Morgan fingerprint density at radius 3 is 1.55 bits per heavy atom. The highest BCUT2D eigenvalue weighted by atomic mass is 79.9. The Morgan fingerprint density at radius 2 is 1.02 bits per heavy atom. The van der Waals surface area contributed by atoms with Crippen LogP contribution in [-0.2, 0) is 25.4 Å². The van der Waals surface area contributed by atoms with E-state index in [1.165, 1.54) is 72.8 Å². The topological polar surface area (TPSA) is 68.2 Å². The fourth-order valence-corrected chi connectivity index (χ4v) is 9.04. The van der Waals surface area contributed by atoms with Gasteiger partial charge in [0.2, 0.25) is 0 Å². The van der Waals surface area contributed by atoms with Crippen LogP contribution in [0, 0.1) is 0 Å². The molecule has 6 heteroatoms. The summed E-state index contributed by atoms with van der Waals surface area (Å²) in [4.78, 5) is 0. The molecule has 0 amide bonds. The molecule has 0 heterocycles. The van der Waals surface area contributed by atoms with Crippen LogP contribution in [0.2, 0.25) is 0 Å². The molecule has 2 fully saturated rings. The molecule has 10 rings (SSSR count). The van der Waals surface area contributed by atoms with Crippen molar-refractivity contribution in [2.45, 2.75) is 102 Å². The van der Waals surface area contributed by atoms with E-state index in [-0.39, 0.29) is 0 Å². The fourth-order valence-electron chi connectivity index (χ4n) is 8.66. The molecule has 0 bridgehead atoms. The van der Waals surface area contributed by atoms with Crippen molar-refractivity contribution < 1.29 is 24.4 Å². The van der Waals surface area contributed by atoms with Crippen molar-refractivity contribution in [2.24, 2.45) is 0 Å².